The second kappa shape index (κ2) is 8.48. The number of aliphatic hydroxyl groups excluding tert-OH is 1. The Morgan fingerprint density at radius 1 is 0.852 bits per heavy atom. The maximum absolute atomic E-state index is 14.2. The molecule has 0 fully saturated rings. The molecule has 0 radical (unpaired) electrons. The molecule has 2 nitrogen and oxygen atoms in total. The van der Waals surface area contributed by atoms with E-state index in [-0.39, 0.29) is 5.56 Å². The molecule has 3 aromatic rings. The summed E-state index contributed by atoms with van der Waals surface area (Å²) < 4.78 is 34.0. The number of aliphatic hydroxyl groups is 1. The van der Waals surface area contributed by atoms with Crippen LogP contribution in [0.25, 0.3) is 0 Å². The Morgan fingerprint density at radius 2 is 1.44 bits per heavy atom. The molecule has 4 heteroatoms. The summed E-state index contributed by atoms with van der Waals surface area (Å²) in [4.78, 5) is 0. The predicted octanol–water partition coefficient (Wildman–Crippen LogP) is 4.99. The smallest absolute Gasteiger partial charge is 0.337 e. The second-order valence-corrected chi connectivity index (χ2v) is 5.98. The van der Waals surface area contributed by atoms with Crippen molar-refractivity contribution in [2.75, 3.05) is 0 Å². The molecule has 1 unspecified atom stereocenters. The van der Waals surface area contributed by atoms with Gasteiger partial charge in [0.1, 0.15) is 12.4 Å². The number of rotatable bonds is 5. The van der Waals surface area contributed by atoms with Gasteiger partial charge in [0, 0.05) is 5.56 Å². The second-order valence-electron chi connectivity index (χ2n) is 5.98. The predicted molar refractivity (Wildman–Crippen MR) is 100 cm³/mol. The average molecular weight is 364 g/mol. The Morgan fingerprint density at radius 3 is 2.07 bits per heavy atom. The monoisotopic (exact) mass is 364 g/mol. The molecule has 0 spiro atoms. The molecule has 0 aromatic heterocycles. The van der Waals surface area contributed by atoms with Crippen LogP contribution in [0.3, 0.4) is 0 Å². The van der Waals surface area contributed by atoms with Crippen LogP contribution >= 0.6 is 0 Å². The highest BCUT2D eigenvalue weighted by molar-refractivity contribution is 5.37. The van der Waals surface area contributed by atoms with E-state index >= 15 is 0 Å². The lowest BCUT2D eigenvalue weighted by Crippen LogP contribution is -2.24. The van der Waals surface area contributed by atoms with Crippen LogP contribution in [0.1, 0.15) is 22.8 Å². The summed E-state index contributed by atoms with van der Waals surface area (Å²) in [6.07, 6.45) is -2.02. The molecule has 1 N–H and O–H groups in total. The van der Waals surface area contributed by atoms with Crippen LogP contribution in [0.4, 0.5) is 8.78 Å². The Kier molecular flexibility index (Phi) is 5.85. The van der Waals surface area contributed by atoms with Crippen molar-refractivity contribution in [1.82, 2.24) is 0 Å². The third kappa shape index (κ3) is 5.16. The largest absolute Gasteiger partial charge is 0.489 e. The van der Waals surface area contributed by atoms with Gasteiger partial charge in [0.2, 0.25) is 0 Å². The lowest BCUT2D eigenvalue weighted by atomic mass is 10.0. The molecular weight excluding hydrogens is 346 g/mol. The first-order chi connectivity index (χ1) is 13.0. The minimum absolute atomic E-state index is 0.0782. The standard InChI is InChI=1S/C23H18F2O2/c24-23(25,16-15-18-7-3-1-4-8-18)22(26)20-11-13-21(14-12-20)27-17-19-9-5-2-6-10-19/h1-14,22,26H,17H2. The minimum Gasteiger partial charge on any atom is -0.489 e. The summed E-state index contributed by atoms with van der Waals surface area (Å²) in [5, 5.41) is 10.0. The van der Waals surface area contributed by atoms with E-state index in [1.54, 1.807) is 42.5 Å². The van der Waals surface area contributed by atoms with Crippen molar-refractivity contribution >= 4 is 0 Å². The topological polar surface area (TPSA) is 29.5 Å². The van der Waals surface area contributed by atoms with Gasteiger partial charge in [-0.1, -0.05) is 66.6 Å². The molecular formula is C23H18F2O2. The molecule has 0 saturated heterocycles. The van der Waals surface area contributed by atoms with Gasteiger partial charge in [0.25, 0.3) is 0 Å². The van der Waals surface area contributed by atoms with E-state index in [1.165, 1.54) is 12.1 Å². The summed E-state index contributed by atoms with van der Waals surface area (Å²) >= 11 is 0. The van der Waals surface area contributed by atoms with Gasteiger partial charge >= 0.3 is 5.92 Å². The molecule has 3 aromatic carbocycles. The lowest BCUT2D eigenvalue weighted by Gasteiger charge is -2.18. The van der Waals surface area contributed by atoms with Gasteiger partial charge in [-0.25, -0.2) is 0 Å². The van der Waals surface area contributed by atoms with Crippen LogP contribution < -0.4 is 4.74 Å². The molecule has 0 amide bonds. The van der Waals surface area contributed by atoms with Crippen molar-refractivity contribution < 1.29 is 18.6 Å². The van der Waals surface area contributed by atoms with Crippen LogP contribution in [0.15, 0.2) is 84.9 Å². The van der Waals surface area contributed by atoms with Crippen molar-refractivity contribution in [3.8, 4) is 17.6 Å². The number of hydrogen-bond donors (Lipinski definition) is 1. The number of halogens is 2. The lowest BCUT2D eigenvalue weighted by molar-refractivity contribution is -0.0635. The van der Waals surface area contributed by atoms with E-state index in [2.05, 4.69) is 5.92 Å². The summed E-state index contributed by atoms with van der Waals surface area (Å²) in [5.74, 6) is 1.24. The van der Waals surface area contributed by atoms with E-state index in [4.69, 9.17) is 4.74 Å². The molecule has 0 aliphatic carbocycles. The highest BCUT2D eigenvalue weighted by Gasteiger charge is 2.37. The fourth-order valence-corrected chi connectivity index (χ4v) is 2.44. The van der Waals surface area contributed by atoms with E-state index in [9.17, 15) is 13.9 Å². The Labute approximate surface area is 157 Å². The fourth-order valence-electron chi connectivity index (χ4n) is 2.44. The van der Waals surface area contributed by atoms with Crippen LogP contribution in [0.2, 0.25) is 0 Å². The Hall–Kier alpha value is -3.16. The molecule has 0 aliphatic heterocycles. The summed E-state index contributed by atoms with van der Waals surface area (Å²) in [7, 11) is 0. The SMILES string of the molecule is OC(c1ccc(OCc2ccccc2)cc1)C(F)(F)C#Cc1ccccc1. The molecule has 0 bridgehead atoms. The first kappa shape index (κ1) is 18.6. The quantitative estimate of drug-likeness (QED) is 0.647. The maximum atomic E-state index is 14.2. The van der Waals surface area contributed by atoms with E-state index < -0.39 is 12.0 Å². The van der Waals surface area contributed by atoms with Gasteiger partial charge in [0.15, 0.2) is 6.10 Å². The third-order valence-corrected chi connectivity index (χ3v) is 3.93. The van der Waals surface area contributed by atoms with Crippen molar-refractivity contribution in [1.29, 1.82) is 0 Å². The van der Waals surface area contributed by atoms with Gasteiger partial charge in [0.05, 0.1) is 0 Å². The van der Waals surface area contributed by atoms with Crippen molar-refractivity contribution in [2.24, 2.45) is 0 Å². The average Bonchev–Trinajstić information content (AvgIpc) is 2.72. The van der Waals surface area contributed by atoms with Crippen LogP contribution in [-0.4, -0.2) is 11.0 Å². The van der Waals surface area contributed by atoms with Crippen molar-refractivity contribution in [3.63, 3.8) is 0 Å². The molecule has 136 valence electrons. The first-order valence-corrected chi connectivity index (χ1v) is 8.45. The van der Waals surface area contributed by atoms with Crippen molar-refractivity contribution in [2.45, 2.75) is 18.6 Å². The Balaban J connectivity index is 1.66. The zero-order valence-corrected chi connectivity index (χ0v) is 14.5. The van der Waals surface area contributed by atoms with Gasteiger partial charge < -0.3 is 9.84 Å². The molecule has 27 heavy (non-hydrogen) atoms. The van der Waals surface area contributed by atoms with Crippen LogP contribution in [-0.2, 0) is 6.61 Å². The molecule has 0 saturated carbocycles. The number of ether oxygens (including phenoxy) is 1. The zero-order valence-electron chi connectivity index (χ0n) is 14.5. The molecule has 0 heterocycles. The zero-order chi connectivity index (χ0) is 19.1. The first-order valence-electron chi connectivity index (χ1n) is 8.45. The van der Waals surface area contributed by atoms with Crippen molar-refractivity contribution in [3.05, 3.63) is 102 Å². The summed E-state index contributed by atoms with van der Waals surface area (Å²) in [6, 6.07) is 24.0. The number of alkyl halides is 2. The van der Waals surface area contributed by atoms with E-state index in [0.29, 0.717) is 17.9 Å². The molecule has 0 aliphatic rings. The van der Waals surface area contributed by atoms with Gasteiger partial charge in [-0.2, -0.15) is 8.78 Å². The third-order valence-electron chi connectivity index (χ3n) is 3.93. The highest BCUT2D eigenvalue weighted by atomic mass is 19.3. The Bertz CT molecular complexity index is 911. The fraction of sp³-hybridized carbons (Fsp3) is 0.130. The molecule has 1 atom stereocenters. The maximum Gasteiger partial charge on any atom is 0.337 e. The van der Waals surface area contributed by atoms with Gasteiger partial charge in [-0.05, 0) is 41.3 Å². The highest BCUT2D eigenvalue weighted by Crippen LogP contribution is 2.31. The summed E-state index contributed by atoms with van der Waals surface area (Å²) in [6.45, 7) is 0.376. The van der Waals surface area contributed by atoms with E-state index in [1.807, 2.05) is 36.3 Å². The van der Waals surface area contributed by atoms with Crippen LogP contribution in [0.5, 0.6) is 5.75 Å². The minimum atomic E-state index is -3.57. The number of hydrogen-bond acceptors (Lipinski definition) is 2. The van der Waals surface area contributed by atoms with E-state index in [0.717, 1.165) is 5.56 Å². The normalized spacial score (nSPS) is 12.0. The van der Waals surface area contributed by atoms with Gasteiger partial charge in [-0.3, -0.25) is 0 Å². The number of benzene rings is 3. The van der Waals surface area contributed by atoms with Gasteiger partial charge in [-0.15, -0.1) is 0 Å². The van der Waals surface area contributed by atoms with Crippen LogP contribution in [0, 0.1) is 11.8 Å². The molecule has 3 rings (SSSR count). The summed E-state index contributed by atoms with van der Waals surface area (Å²) in [5.41, 5.74) is 1.55.